The van der Waals surface area contributed by atoms with E-state index in [4.69, 9.17) is 5.14 Å². The van der Waals surface area contributed by atoms with Crippen molar-refractivity contribution in [1.29, 1.82) is 5.26 Å². The summed E-state index contributed by atoms with van der Waals surface area (Å²) in [5, 5.41) is 27.6. The monoisotopic (exact) mass is 327 g/mol. The molecule has 1 aromatic heterocycles. The van der Waals surface area contributed by atoms with E-state index >= 15 is 0 Å². The van der Waals surface area contributed by atoms with E-state index in [9.17, 15) is 14.8 Å². The molecule has 0 aliphatic heterocycles. The minimum Gasteiger partial charge on any atom is -0.508 e. The summed E-state index contributed by atoms with van der Waals surface area (Å²) >= 11 is 0. The number of nitrogens with two attached hydrogens (primary N) is 1. The van der Waals surface area contributed by atoms with Gasteiger partial charge in [-0.15, -0.1) is 10.7 Å². The first kappa shape index (κ1) is 15.3. The molecule has 0 fully saturated rings. The first-order valence-electron chi connectivity index (χ1n) is 6.78. The maximum atomic E-state index is 13.2. The molecule has 0 saturated heterocycles. The quantitative estimate of drug-likeness (QED) is 0.709. The van der Waals surface area contributed by atoms with Crippen molar-refractivity contribution >= 4 is 26.9 Å². The molecule has 3 aromatic rings. The van der Waals surface area contributed by atoms with E-state index in [0.717, 1.165) is 11.2 Å². The van der Waals surface area contributed by atoms with Crippen LogP contribution in [0, 0.1) is 17.1 Å². The average Bonchev–Trinajstić information content (AvgIpc) is 2.80. The number of phenols is 1. The molecular weight excluding hydrogens is 313 g/mol. The van der Waals surface area contributed by atoms with E-state index < -0.39 is 10.7 Å². The molecule has 116 valence electrons. The van der Waals surface area contributed by atoms with Crippen LogP contribution < -0.4 is 5.14 Å². The highest BCUT2D eigenvalue weighted by Crippen LogP contribution is 2.31. The molecule has 23 heavy (non-hydrogen) atoms. The number of rotatable bonds is 2. The third-order valence-electron chi connectivity index (χ3n) is 3.48. The van der Waals surface area contributed by atoms with E-state index in [-0.39, 0.29) is 11.6 Å². The van der Waals surface area contributed by atoms with Crippen LogP contribution in [0.4, 0.5) is 4.39 Å². The molecule has 3 N–H and O–H groups in total. The zero-order valence-electron chi connectivity index (χ0n) is 12.3. The molecule has 0 radical (unpaired) electrons. The lowest BCUT2D eigenvalue weighted by Gasteiger charge is -2.09. The van der Waals surface area contributed by atoms with Gasteiger partial charge in [0, 0.05) is 16.4 Å². The average molecular weight is 327 g/mol. The number of nitriles is 1. The van der Waals surface area contributed by atoms with Gasteiger partial charge in [0.1, 0.15) is 17.6 Å². The van der Waals surface area contributed by atoms with Crippen molar-refractivity contribution < 1.29 is 9.50 Å². The first-order chi connectivity index (χ1) is 11.0. The van der Waals surface area contributed by atoms with Gasteiger partial charge in [0.05, 0.1) is 16.8 Å². The summed E-state index contributed by atoms with van der Waals surface area (Å²) in [7, 11) is -0.532. The third kappa shape index (κ3) is 2.72. The number of fused-ring (bicyclic) bond motifs is 1. The molecule has 0 aliphatic rings. The zero-order valence-corrected chi connectivity index (χ0v) is 13.1. The van der Waals surface area contributed by atoms with Crippen LogP contribution in [0.2, 0.25) is 0 Å². The van der Waals surface area contributed by atoms with Crippen molar-refractivity contribution in [2.45, 2.75) is 0 Å². The van der Waals surface area contributed by atoms with Crippen LogP contribution in [0.3, 0.4) is 0 Å². The van der Waals surface area contributed by atoms with Gasteiger partial charge < -0.3 is 9.67 Å². The number of aromatic hydroxyl groups is 1. The van der Waals surface area contributed by atoms with Gasteiger partial charge in [0.15, 0.2) is 0 Å². The maximum Gasteiger partial charge on any atom is 0.123 e. The number of halogens is 1. The van der Waals surface area contributed by atoms with E-state index in [2.05, 4.69) is 6.07 Å². The molecule has 1 heterocycles. The van der Waals surface area contributed by atoms with E-state index in [1.165, 1.54) is 12.1 Å². The second-order valence-electron chi connectivity index (χ2n) is 5.11. The third-order valence-corrected chi connectivity index (χ3v) is 4.08. The molecule has 0 aliphatic carbocycles. The lowest BCUT2D eigenvalue weighted by Crippen LogP contribution is -2.02. The van der Waals surface area contributed by atoms with Gasteiger partial charge in [0.25, 0.3) is 0 Å². The number of nitrogens with zero attached hydrogens (tertiary/aromatic N) is 2. The Morgan fingerprint density at radius 3 is 2.57 bits per heavy atom. The lowest BCUT2D eigenvalue weighted by atomic mass is 10.1. The van der Waals surface area contributed by atoms with Crippen molar-refractivity contribution in [2.24, 2.45) is 5.14 Å². The fourth-order valence-corrected chi connectivity index (χ4v) is 3.15. The molecule has 1 atom stereocenters. The Hall–Kier alpha value is -2.62. The molecule has 0 bridgehead atoms. The molecule has 0 spiro atoms. The summed E-state index contributed by atoms with van der Waals surface area (Å²) in [4.78, 5) is 0. The van der Waals surface area contributed by atoms with Crippen LogP contribution in [0.5, 0.6) is 5.75 Å². The normalized spacial score (nSPS) is 12.4. The fraction of sp³-hybridized carbons (Fsp3) is 0.0588. The topological polar surface area (TPSA) is 75.0 Å². The molecule has 0 saturated carbocycles. The van der Waals surface area contributed by atoms with Gasteiger partial charge in [-0.2, -0.15) is 5.26 Å². The Morgan fingerprint density at radius 2 is 1.96 bits per heavy atom. The minimum atomic E-state index is -0.532. The van der Waals surface area contributed by atoms with Crippen molar-refractivity contribution in [3.63, 3.8) is 0 Å². The van der Waals surface area contributed by atoms with Gasteiger partial charge >= 0.3 is 0 Å². The Balaban J connectivity index is 2.45. The molecule has 4 nitrogen and oxygen atoms in total. The summed E-state index contributed by atoms with van der Waals surface area (Å²) in [6.07, 6.45) is 1.84. The van der Waals surface area contributed by atoms with Crippen LogP contribution in [0.25, 0.3) is 16.6 Å². The number of phenolic OH excluding ortho intramolecular Hbond substituents is 1. The van der Waals surface area contributed by atoms with Crippen molar-refractivity contribution in [1.82, 2.24) is 4.57 Å². The Morgan fingerprint density at radius 1 is 1.26 bits per heavy atom. The highest BCUT2D eigenvalue weighted by molar-refractivity contribution is 8.12. The first-order valence-corrected chi connectivity index (χ1v) is 8.54. The van der Waals surface area contributed by atoms with Crippen molar-refractivity contribution in [3.05, 3.63) is 59.5 Å². The highest BCUT2D eigenvalue weighted by atomic mass is 32.2. The molecule has 2 aromatic carbocycles. The number of aromatic nitrogens is 1. The SMILES string of the molecule is C/S(N)=C\c1c(C#N)c2cc(O)ccc2n1-c1ccc(F)cc1. The molecule has 1 unspecified atom stereocenters. The van der Waals surface area contributed by atoms with E-state index in [0.29, 0.717) is 16.6 Å². The maximum absolute atomic E-state index is 13.2. The summed E-state index contributed by atoms with van der Waals surface area (Å²) < 4.78 is 15.1. The largest absolute Gasteiger partial charge is 0.508 e. The Labute approximate surface area is 135 Å². The fourth-order valence-electron chi connectivity index (χ4n) is 2.57. The van der Waals surface area contributed by atoms with Gasteiger partial charge in [-0.05, 0) is 48.7 Å². The molecule has 3 rings (SSSR count). The number of benzene rings is 2. The Bertz CT molecular complexity index is 964. The smallest absolute Gasteiger partial charge is 0.123 e. The standard InChI is InChI=1S/C17H14FN3OS/c1-23(20)10-17-15(9-19)14-8-13(22)6-7-16(14)21(17)12-4-2-11(18)3-5-12/h2-8,10,22H,20H2,1H3. The molecule has 6 heteroatoms. The van der Waals surface area contributed by atoms with E-state index in [1.807, 2.05) is 10.8 Å². The number of hydrogen-bond acceptors (Lipinski definition) is 3. The highest BCUT2D eigenvalue weighted by Gasteiger charge is 2.17. The van der Waals surface area contributed by atoms with E-state index in [1.54, 1.807) is 35.7 Å². The molecular formula is C17H14FN3OS. The number of hydrogen-bond donors (Lipinski definition) is 2. The summed E-state index contributed by atoms with van der Waals surface area (Å²) in [5.74, 6) is -0.247. The Kier molecular flexibility index (Phi) is 3.90. The van der Waals surface area contributed by atoms with Crippen LogP contribution in [0.1, 0.15) is 11.3 Å². The lowest BCUT2D eigenvalue weighted by molar-refractivity contribution is 0.476. The predicted octanol–water partition coefficient (Wildman–Crippen LogP) is 3.27. The van der Waals surface area contributed by atoms with Crippen molar-refractivity contribution in [3.8, 4) is 17.5 Å². The van der Waals surface area contributed by atoms with Crippen molar-refractivity contribution in [2.75, 3.05) is 6.26 Å². The summed E-state index contributed by atoms with van der Waals surface area (Å²) in [6, 6.07) is 13.0. The summed E-state index contributed by atoms with van der Waals surface area (Å²) in [5.41, 5.74) is 2.56. The zero-order chi connectivity index (χ0) is 16.6. The van der Waals surface area contributed by atoms with Crippen LogP contribution in [0.15, 0.2) is 42.5 Å². The predicted molar refractivity (Wildman–Crippen MR) is 92.5 cm³/mol. The van der Waals surface area contributed by atoms with Gasteiger partial charge in [-0.1, -0.05) is 0 Å². The second kappa shape index (κ2) is 5.88. The molecule has 0 amide bonds. The summed E-state index contributed by atoms with van der Waals surface area (Å²) in [6.45, 7) is 0. The second-order valence-corrected chi connectivity index (χ2v) is 6.56. The van der Waals surface area contributed by atoms with Gasteiger partial charge in [0.2, 0.25) is 0 Å². The minimum absolute atomic E-state index is 0.0834. The van der Waals surface area contributed by atoms with Gasteiger partial charge in [-0.25, -0.2) is 4.39 Å². The van der Waals surface area contributed by atoms with Crippen LogP contribution in [-0.2, 0) is 0 Å². The van der Waals surface area contributed by atoms with Crippen LogP contribution in [-0.4, -0.2) is 21.3 Å². The van der Waals surface area contributed by atoms with Gasteiger partial charge in [-0.3, -0.25) is 5.14 Å². The van der Waals surface area contributed by atoms with Crippen LogP contribution >= 0.6 is 10.7 Å².